The van der Waals surface area contributed by atoms with Crippen LogP contribution in [0.1, 0.15) is 48.0 Å². The smallest absolute Gasteiger partial charge is 0.410 e. The first-order valence-electron chi connectivity index (χ1n) is 8.68. The van der Waals surface area contributed by atoms with Gasteiger partial charge >= 0.3 is 6.09 Å². The van der Waals surface area contributed by atoms with E-state index >= 15 is 0 Å². The third kappa shape index (κ3) is 3.21. The number of rotatable bonds is 0. The van der Waals surface area contributed by atoms with Gasteiger partial charge in [-0.15, -0.1) is 5.11 Å². The summed E-state index contributed by atoms with van der Waals surface area (Å²) in [6.07, 6.45) is -0.0968. The molecule has 3 heterocycles. The molecule has 1 N–H and O–H groups in total. The molecule has 0 radical (unpaired) electrons. The van der Waals surface area contributed by atoms with Crippen LogP contribution in [0.4, 0.5) is 4.79 Å². The van der Waals surface area contributed by atoms with Crippen molar-refractivity contribution in [2.45, 2.75) is 71.3 Å². The van der Waals surface area contributed by atoms with Gasteiger partial charge in [-0.25, -0.2) is 4.79 Å². The Labute approximate surface area is 148 Å². The van der Waals surface area contributed by atoms with Crippen LogP contribution in [0.2, 0.25) is 0 Å². The number of hydrogen-bond acceptors (Lipinski definition) is 7. The highest BCUT2D eigenvalue weighted by atomic mass is 16.6. The molecule has 0 saturated carbocycles. The Hall–Kier alpha value is -2.12. The maximum Gasteiger partial charge on any atom is 0.410 e. The van der Waals surface area contributed by atoms with Crippen LogP contribution >= 0.6 is 0 Å². The van der Waals surface area contributed by atoms with E-state index in [1.165, 1.54) is 0 Å². The van der Waals surface area contributed by atoms with Crippen molar-refractivity contribution in [3.8, 4) is 0 Å². The van der Waals surface area contributed by atoms with Crippen molar-refractivity contribution >= 4 is 11.9 Å². The van der Waals surface area contributed by atoms with Gasteiger partial charge in [-0.1, -0.05) is 5.22 Å². The molecule has 0 saturated heterocycles. The molecule has 0 fully saturated rings. The highest BCUT2D eigenvalue weighted by molar-refractivity contribution is 6.02. The first-order valence-corrected chi connectivity index (χ1v) is 8.68. The number of nitrogens with zero attached hydrogens (tertiary/aromatic N) is 4. The van der Waals surface area contributed by atoms with Gasteiger partial charge in [0.15, 0.2) is 18.0 Å². The molecule has 2 unspecified atom stereocenters. The lowest BCUT2D eigenvalue weighted by Crippen LogP contribution is -2.61. The zero-order chi connectivity index (χ0) is 18.6. The zero-order valence-electron chi connectivity index (χ0n) is 15.8. The second kappa shape index (κ2) is 5.71. The Morgan fingerprint density at radius 3 is 2.52 bits per heavy atom. The van der Waals surface area contributed by atoms with E-state index in [4.69, 9.17) is 4.74 Å². The lowest BCUT2D eigenvalue weighted by atomic mass is 9.87. The van der Waals surface area contributed by atoms with E-state index in [-0.39, 0.29) is 30.1 Å². The minimum atomic E-state index is -0.560. The fourth-order valence-electron chi connectivity index (χ4n) is 3.55. The van der Waals surface area contributed by atoms with Gasteiger partial charge in [0, 0.05) is 29.8 Å². The van der Waals surface area contributed by atoms with Gasteiger partial charge < -0.3 is 14.5 Å². The van der Waals surface area contributed by atoms with Crippen molar-refractivity contribution in [3.63, 3.8) is 0 Å². The number of carbonyl (C=O) groups excluding carboxylic acids is 2. The first-order chi connectivity index (χ1) is 11.5. The Morgan fingerprint density at radius 2 is 1.92 bits per heavy atom. The zero-order valence-corrected chi connectivity index (χ0v) is 15.8. The van der Waals surface area contributed by atoms with Gasteiger partial charge in [0.2, 0.25) is 0 Å². The Bertz CT molecular complexity index is 656. The van der Waals surface area contributed by atoms with Gasteiger partial charge in [-0.2, -0.15) is 0 Å². The molecule has 3 aliphatic heterocycles. The third-order valence-corrected chi connectivity index (χ3v) is 4.50. The standard InChI is InChI=1S/C17H27N5O3/c1-16(2,3)22-11-7-8-21(15(24)25-17(4,5)6)9-10(11)13(23)12-14(22)19-20-18-12/h12,14H,7-9H2,1-6H3,(H,18,19). The summed E-state index contributed by atoms with van der Waals surface area (Å²) in [7, 11) is 0. The van der Waals surface area contributed by atoms with Crippen molar-refractivity contribution < 1.29 is 14.3 Å². The van der Waals surface area contributed by atoms with E-state index in [1.54, 1.807) is 4.90 Å². The number of amides is 1. The summed E-state index contributed by atoms with van der Waals surface area (Å²) in [4.78, 5) is 29.1. The van der Waals surface area contributed by atoms with E-state index in [1.807, 2.05) is 20.8 Å². The Morgan fingerprint density at radius 1 is 1.24 bits per heavy atom. The number of ketones is 1. The molecule has 3 aliphatic rings. The molecule has 1 amide bonds. The molecule has 8 heteroatoms. The summed E-state index contributed by atoms with van der Waals surface area (Å²) in [6.45, 7) is 12.6. The number of ether oxygens (including phenoxy) is 1. The molecule has 0 aromatic rings. The van der Waals surface area contributed by atoms with Crippen LogP contribution in [0.15, 0.2) is 21.6 Å². The monoisotopic (exact) mass is 349 g/mol. The molecular weight excluding hydrogens is 322 g/mol. The quantitative estimate of drug-likeness (QED) is 0.725. The van der Waals surface area contributed by atoms with Crippen molar-refractivity contribution in [1.82, 2.24) is 15.2 Å². The number of Topliss-reactive ketones (excluding diaryl/α,β-unsaturated/α-hetero) is 1. The average Bonchev–Trinajstić information content (AvgIpc) is 2.93. The van der Waals surface area contributed by atoms with Gasteiger partial charge in [0.1, 0.15) is 5.60 Å². The molecule has 0 spiro atoms. The lowest BCUT2D eigenvalue weighted by molar-refractivity contribution is -0.121. The van der Waals surface area contributed by atoms with Crippen LogP contribution in [-0.4, -0.2) is 58.1 Å². The number of hydrogen-bond donors (Lipinski definition) is 1. The Kier molecular flexibility index (Phi) is 4.04. The summed E-state index contributed by atoms with van der Waals surface area (Å²) >= 11 is 0. The molecule has 2 atom stereocenters. The second-order valence-electron chi connectivity index (χ2n) is 8.72. The summed E-state index contributed by atoms with van der Waals surface area (Å²) in [6, 6.07) is -0.489. The normalized spacial score (nSPS) is 26.4. The van der Waals surface area contributed by atoms with Crippen LogP contribution < -0.4 is 5.43 Å². The van der Waals surface area contributed by atoms with Crippen LogP contribution in [0.5, 0.6) is 0 Å². The minimum Gasteiger partial charge on any atom is -0.444 e. The number of fused-ring (bicyclic) bond motifs is 1. The maximum atomic E-state index is 12.9. The molecule has 0 bridgehead atoms. The molecule has 0 aromatic heterocycles. The van der Waals surface area contributed by atoms with Gasteiger partial charge in [0.05, 0.1) is 6.54 Å². The molecule has 3 rings (SSSR count). The van der Waals surface area contributed by atoms with E-state index < -0.39 is 11.6 Å². The molecule has 25 heavy (non-hydrogen) atoms. The predicted molar refractivity (Wildman–Crippen MR) is 91.6 cm³/mol. The van der Waals surface area contributed by atoms with Crippen molar-refractivity contribution in [3.05, 3.63) is 11.3 Å². The molecule has 0 aromatic carbocycles. The van der Waals surface area contributed by atoms with Crippen LogP contribution in [-0.2, 0) is 9.53 Å². The van der Waals surface area contributed by atoms with Crippen LogP contribution in [0.25, 0.3) is 0 Å². The summed E-state index contributed by atoms with van der Waals surface area (Å²) in [5.74, 6) is -0.0289. The highest BCUT2D eigenvalue weighted by Gasteiger charge is 2.49. The molecular formula is C17H27N5O3. The highest BCUT2D eigenvalue weighted by Crippen LogP contribution is 2.38. The molecule has 8 nitrogen and oxygen atoms in total. The van der Waals surface area contributed by atoms with E-state index in [0.29, 0.717) is 18.5 Å². The molecule has 0 aliphatic carbocycles. The summed E-state index contributed by atoms with van der Waals surface area (Å²) in [5, 5.41) is 8.11. The number of carbonyl (C=O) groups is 2. The van der Waals surface area contributed by atoms with Crippen molar-refractivity contribution in [1.29, 1.82) is 0 Å². The van der Waals surface area contributed by atoms with E-state index in [9.17, 15) is 9.59 Å². The van der Waals surface area contributed by atoms with Gasteiger partial charge in [-0.3, -0.25) is 10.2 Å². The summed E-state index contributed by atoms with van der Waals surface area (Å²) in [5.41, 5.74) is 3.69. The fourth-order valence-corrected chi connectivity index (χ4v) is 3.55. The van der Waals surface area contributed by atoms with Crippen molar-refractivity contribution in [2.24, 2.45) is 10.3 Å². The Balaban J connectivity index is 1.90. The second-order valence-corrected chi connectivity index (χ2v) is 8.72. The minimum absolute atomic E-state index is 0.0289. The van der Waals surface area contributed by atoms with Crippen LogP contribution in [0.3, 0.4) is 0 Å². The predicted octanol–water partition coefficient (Wildman–Crippen LogP) is 2.23. The molecule has 138 valence electrons. The van der Waals surface area contributed by atoms with Gasteiger partial charge in [0.25, 0.3) is 0 Å². The average molecular weight is 349 g/mol. The number of nitrogens with one attached hydrogen (secondary N) is 1. The largest absolute Gasteiger partial charge is 0.444 e. The third-order valence-electron chi connectivity index (χ3n) is 4.50. The SMILES string of the molecule is CC(C)(C)OC(=O)N1CCC2=C(C1)C(=O)C1NN=NC1N2C(C)(C)C. The maximum absolute atomic E-state index is 12.9. The van der Waals surface area contributed by atoms with E-state index in [0.717, 1.165) is 5.70 Å². The first kappa shape index (κ1) is 17.7. The van der Waals surface area contributed by atoms with Gasteiger partial charge in [-0.05, 0) is 41.5 Å². The lowest BCUT2D eigenvalue weighted by Gasteiger charge is -2.49. The van der Waals surface area contributed by atoms with Crippen molar-refractivity contribution in [2.75, 3.05) is 13.1 Å². The summed E-state index contributed by atoms with van der Waals surface area (Å²) < 4.78 is 5.46. The van der Waals surface area contributed by atoms with E-state index in [2.05, 4.69) is 41.4 Å². The topological polar surface area (TPSA) is 86.6 Å². The fraction of sp³-hybridized carbons (Fsp3) is 0.765. The van der Waals surface area contributed by atoms with Crippen LogP contribution in [0, 0.1) is 0 Å².